The maximum Gasteiger partial charge on any atom is 0.291 e. The van der Waals surface area contributed by atoms with Crippen molar-refractivity contribution < 1.29 is 9.53 Å². The van der Waals surface area contributed by atoms with Crippen LogP contribution >= 0.6 is 0 Å². The molecule has 1 heterocycles. The number of hydrogen-bond acceptors (Lipinski definition) is 4. The number of aromatic nitrogens is 3. The first-order valence-electron chi connectivity index (χ1n) is 5.47. The Kier molecular flexibility index (Phi) is 3.19. The van der Waals surface area contributed by atoms with Crippen molar-refractivity contribution >= 4 is 5.91 Å². The lowest BCUT2D eigenvalue weighted by molar-refractivity contribution is 0.0174. The van der Waals surface area contributed by atoms with E-state index in [1.165, 1.54) is 0 Å². The molecule has 16 heavy (non-hydrogen) atoms. The first-order valence-corrected chi connectivity index (χ1v) is 5.47. The Balaban J connectivity index is 1.84. The van der Waals surface area contributed by atoms with Gasteiger partial charge in [-0.2, -0.15) is 0 Å². The van der Waals surface area contributed by atoms with E-state index in [0.29, 0.717) is 0 Å². The van der Waals surface area contributed by atoms with Gasteiger partial charge in [0.1, 0.15) is 5.82 Å². The minimum Gasteiger partial charge on any atom is -0.381 e. The van der Waals surface area contributed by atoms with Crippen LogP contribution in [0.5, 0.6) is 0 Å². The van der Waals surface area contributed by atoms with E-state index in [2.05, 4.69) is 20.5 Å². The summed E-state index contributed by atoms with van der Waals surface area (Å²) in [6.07, 6.45) is 2.76. The van der Waals surface area contributed by atoms with E-state index in [1.807, 2.05) is 6.92 Å². The third-order valence-corrected chi connectivity index (χ3v) is 2.83. The highest BCUT2D eigenvalue weighted by molar-refractivity contribution is 5.90. The second-order valence-electron chi connectivity index (χ2n) is 3.96. The number of amides is 1. The Hall–Kier alpha value is -1.43. The quantitative estimate of drug-likeness (QED) is 0.769. The van der Waals surface area contributed by atoms with Gasteiger partial charge in [0.15, 0.2) is 0 Å². The Bertz CT molecular complexity index is 371. The normalized spacial score (nSPS) is 23.9. The zero-order valence-corrected chi connectivity index (χ0v) is 9.49. The summed E-state index contributed by atoms with van der Waals surface area (Å²) in [6, 6.07) is 0.195. The van der Waals surface area contributed by atoms with Crippen LogP contribution in [0.25, 0.3) is 0 Å². The van der Waals surface area contributed by atoms with Crippen molar-refractivity contribution in [3.05, 3.63) is 11.6 Å². The van der Waals surface area contributed by atoms with Crippen LogP contribution < -0.4 is 5.32 Å². The predicted molar refractivity (Wildman–Crippen MR) is 57.0 cm³/mol. The van der Waals surface area contributed by atoms with E-state index in [-0.39, 0.29) is 23.9 Å². The first kappa shape index (κ1) is 11.1. The molecule has 88 valence electrons. The minimum absolute atomic E-state index is 0.195. The van der Waals surface area contributed by atoms with E-state index in [1.54, 1.807) is 7.11 Å². The van der Waals surface area contributed by atoms with Gasteiger partial charge in [0.05, 0.1) is 6.10 Å². The van der Waals surface area contributed by atoms with Crippen molar-refractivity contribution in [1.29, 1.82) is 0 Å². The molecule has 0 aliphatic heterocycles. The summed E-state index contributed by atoms with van der Waals surface area (Å²) < 4.78 is 5.14. The zero-order valence-electron chi connectivity index (χ0n) is 9.49. The third kappa shape index (κ3) is 2.21. The fourth-order valence-electron chi connectivity index (χ4n) is 1.68. The molecule has 2 N–H and O–H groups in total. The number of nitrogens with zero attached hydrogens (tertiary/aromatic N) is 2. The lowest BCUT2D eigenvalue weighted by Gasteiger charge is -2.34. The highest BCUT2D eigenvalue weighted by Crippen LogP contribution is 2.22. The Morgan fingerprint density at radius 3 is 2.94 bits per heavy atom. The molecule has 1 aromatic rings. The van der Waals surface area contributed by atoms with Crippen LogP contribution in [0.3, 0.4) is 0 Å². The summed E-state index contributed by atoms with van der Waals surface area (Å²) in [7, 11) is 1.69. The van der Waals surface area contributed by atoms with Crippen molar-refractivity contribution in [2.45, 2.75) is 38.3 Å². The van der Waals surface area contributed by atoms with Crippen LogP contribution in [0.2, 0.25) is 0 Å². The molecule has 0 bridgehead atoms. The highest BCUT2D eigenvalue weighted by atomic mass is 16.5. The van der Waals surface area contributed by atoms with Crippen molar-refractivity contribution in [2.24, 2.45) is 0 Å². The van der Waals surface area contributed by atoms with E-state index in [4.69, 9.17) is 4.74 Å². The lowest BCUT2D eigenvalue weighted by Crippen LogP contribution is -2.47. The molecule has 1 fully saturated rings. The van der Waals surface area contributed by atoms with Crippen molar-refractivity contribution in [3.8, 4) is 0 Å². The average molecular weight is 224 g/mol. The second-order valence-corrected chi connectivity index (χ2v) is 3.96. The minimum atomic E-state index is -0.212. The number of ether oxygens (including phenoxy) is 1. The fourth-order valence-corrected chi connectivity index (χ4v) is 1.68. The number of nitrogens with one attached hydrogen (secondary N) is 2. The molecule has 0 radical (unpaired) electrons. The molecule has 2 rings (SSSR count). The van der Waals surface area contributed by atoms with Crippen LogP contribution in [0.1, 0.15) is 36.2 Å². The van der Waals surface area contributed by atoms with Gasteiger partial charge in [0.25, 0.3) is 5.91 Å². The van der Waals surface area contributed by atoms with Crippen molar-refractivity contribution in [3.63, 3.8) is 0 Å². The van der Waals surface area contributed by atoms with Crippen LogP contribution in [0, 0.1) is 0 Å². The van der Waals surface area contributed by atoms with Gasteiger partial charge in [0.2, 0.25) is 5.82 Å². The number of hydrogen-bond donors (Lipinski definition) is 2. The smallest absolute Gasteiger partial charge is 0.291 e. The summed E-state index contributed by atoms with van der Waals surface area (Å²) >= 11 is 0. The van der Waals surface area contributed by atoms with Crippen molar-refractivity contribution in [1.82, 2.24) is 20.5 Å². The number of methoxy groups -OCH3 is 1. The van der Waals surface area contributed by atoms with E-state index >= 15 is 0 Å². The molecule has 1 amide bonds. The number of aromatic amines is 1. The molecule has 1 aliphatic rings. The van der Waals surface area contributed by atoms with Crippen LogP contribution in [0.4, 0.5) is 0 Å². The van der Waals surface area contributed by atoms with Gasteiger partial charge in [-0.15, -0.1) is 5.10 Å². The summed E-state index contributed by atoms with van der Waals surface area (Å²) in [5, 5.41) is 9.45. The number of carbonyl (C=O) groups excluding carboxylic acids is 1. The molecule has 0 unspecified atom stereocenters. The summed E-state index contributed by atoms with van der Waals surface area (Å²) in [5.74, 6) is 0.738. The molecule has 6 nitrogen and oxygen atoms in total. The van der Waals surface area contributed by atoms with Crippen LogP contribution in [0.15, 0.2) is 0 Å². The van der Waals surface area contributed by atoms with Gasteiger partial charge in [0, 0.05) is 19.6 Å². The molecule has 0 aromatic carbocycles. The number of rotatable bonds is 4. The van der Waals surface area contributed by atoms with Gasteiger partial charge >= 0.3 is 0 Å². The van der Waals surface area contributed by atoms with Gasteiger partial charge in [-0.25, -0.2) is 4.98 Å². The third-order valence-electron chi connectivity index (χ3n) is 2.83. The van der Waals surface area contributed by atoms with E-state index in [9.17, 15) is 4.79 Å². The molecule has 1 aliphatic carbocycles. The van der Waals surface area contributed by atoms with E-state index < -0.39 is 0 Å². The SMILES string of the molecule is CCc1nc(C(=O)NC2CC(OC)C2)n[nH]1. The molecule has 0 atom stereocenters. The first-order chi connectivity index (χ1) is 7.72. The summed E-state index contributed by atoms with van der Waals surface area (Å²) in [4.78, 5) is 15.7. The Morgan fingerprint density at radius 2 is 2.38 bits per heavy atom. The van der Waals surface area contributed by atoms with E-state index in [0.717, 1.165) is 25.1 Å². The lowest BCUT2D eigenvalue weighted by atomic mass is 9.89. The average Bonchev–Trinajstić information content (AvgIpc) is 2.70. The maximum absolute atomic E-state index is 11.7. The summed E-state index contributed by atoms with van der Waals surface area (Å²) in [5.41, 5.74) is 0. The predicted octanol–water partition coefficient (Wildman–Crippen LogP) is 0.274. The molecule has 6 heteroatoms. The highest BCUT2D eigenvalue weighted by Gasteiger charge is 2.31. The fraction of sp³-hybridized carbons (Fsp3) is 0.700. The number of H-pyrrole nitrogens is 1. The topological polar surface area (TPSA) is 79.9 Å². The standard InChI is InChI=1S/C10H16N4O2/c1-3-8-12-9(14-13-8)10(15)11-6-4-7(5-6)16-2/h6-7H,3-5H2,1-2H3,(H,11,15)(H,12,13,14). The summed E-state index contributed by atoms with van der Waals surface area (Å²) in [6.45, 7) is 1.96. The molecule has 1 saturated carbocycles. The largest absolute Gasteiger partial charge is 0.381 e. The van der Waals surface area contributed by atoms with Crippen LogP contribution in [-0.4, -0.2) is 40.3 Å². The molecule has 1 aromatic heterocycles. The van der Waals surface area contributed by atoms with Gasteiger partial charge in [-0.05, 0) is 12.8 Å². The number of carbonyl (C=O) groups is 1. The molecule has 0 saturated heterocycles. The Labute approximate surface area is 93.8 Å². The monoisotopic (exact) mass is 224 g/mol. The molecular formula is C10H16N4O2. The van der Waals surface area contributed by atoms with Crippen molar-refractivity contribution in [2.75, 3.05) is 7.11 Å². The maximum atomic E-state index is 11.7. The Morgan fingerprint density at radius 1 is 1.62 bits per heavy atom. The molecule has 0 spiro atoms. The van der Waals surface area contributed by atoms with Gasteiger partial charge in [-0.3, -0.25) is 9.89 Å². The van der Waals surface area contributed by atoms with Gasteiger partial charge in [-0.1, -0.05) is 6.92 Å². The van der Waals surface area contributed by atoms with Gasteiger partial charge < -0.3 is 10.1 Å². The molecular weight excluding hydrogens is 208 g/mol. The van der Waals surface area contributed by atoms with Crippen LogP contribution in [-0.2, 0) is 11.2 Å². The second kappa shape index (κ2) is 4.61. The number of aryl methyl sites for hydroxylation is 1. The zero-order chi connectivity index (χ0) is 11.5.